The van der Waals surface area contributed by atoms with Crippen LogP contribution in [0.1, 0.15) is 43.4 Å². The molecule has 1 aliphatic heterocycles. The molecule has 1 heterocycles. The van der Waals surface area contributed by atoms with Crippen molar-refractivity contribution < 1.29 is 9.50 Å². The molecule has 1 aromatic rings. The average Bonchev–Trinajstić information content (AvgIpc) is 2.61. The van der Waals surface area contributed by atoms with Crippen LogP contribution in [-0.4, -0.2) is 30.1 Å². The lowest BCUT2D eigenvalue weighted by molar-refractivity contribution is -0.121. The highest BCUT2D eigenvalue weighted by atomic mass is 19.1. The molecule has 2 aliphatic rings. The van der Waals surface area contributed by atoms with Crippen molar-refractivity contribution in [2.75, 3.05) is 20.1 Å². The van der Waals surface area contributed by atoms with Crippen molar-refractivity contribution >= 4 is 0 Å². The van der Waals surface area contributed by atoms with Crippen molar-refractivity contribution in [3.05, 3.63) is 34.6 Å². The second-order valence-corrected chi connectivity index (χ2v) is 7.68. The minimum Gasteiger partial charge on any atom is -0.384 e. The molecule has 1 N–H and O–H groups in total. The number of rotatable bonds is 1. The van der Waals surface area contributed by atoms with Crippen LogP contribution in [0, 0.1) is 24.1 Å². The summed E-state index contributed by atoms with van der Waals surface area (Å²) in [5, 5.41) is 11.6. The zero-order valence-electron chi connectivity index (χ0n) is 13.5. The third-order valence-corrected chi connectivity index (χ3v) is 5.71. The molecule has 116 valence electrons. The van der Waals surface area contributed by atoms with Gasteiger partial charge in [0, 0.05) is 5.41 Å². The summed E-state index contributed by atoms with van der Waals surface area (Å²) in [6.45, 7) is 8.09. The predicted octanol–water partition coefficient (Wildman–Crippen LogP) is 3.25. The lowest BCUT2D eigenvalue weighted by Gasteiger charge is -2.46. The van der Waals surface area contributed by atoms with E-state index in [2.05, 4.69) is 25.8 Å². The summed E-state index contributed by atoms with van der Waals surface area (Å²) >= 11 is 0. The Hall–Kier alpha value is -0.930. The van der Waals surface area contributed by atoms with E-state index >= 15 is 0 Å². The molecule has 0 bridgehead atoms. The number of nitrogens with zero attached hydrogens (tertiary/aromatic N) is 1. The summed E-state index contributed by atoms with van der Waals surface area (Å²) in [7, 11) is 2.12. The number of hydrogen-bond donors (Lipinski definition) is 1. The zero-order valence-corrected chi connectivity index (χ0v) is 13.5. The van der Waals surface area contributed by atoms with Crippen LogP contribution in [0.25, 0.3) is 0 Å². The number of piperidine rings is 1. The molecule has 0 amide bonds. The Labute approximate surface area is 127 Å². The molecule has 0 spiro atoms. The Morgan fingerprint density at radius 2 is 1.86 bits per heavy atom. The van der Waals surface area contributed by atoms with E-state index in [9.17, 15) is 9.50 Å². The quantitative estimate of drug-likeness (QED) is 0.858. The number of benzene rings is 1. The topological polar surface area (TPSA) is 23.5 Å². The van der Waals surface area contributed by atoms with Crippen LogP contribution in [0.15, 0.2) is 12.1 Å². The minimum absolute atomic E-state index is 0.151. The first kappa shape index (κ1) is 15.0. The third kappa shape index (κ3) is 2.13. The lowest BCUT2D eigenvalue weighted by Crippen LogP contribution is -2.49. The molecule has 1 saturated heterocycles. The molecule has 2 nitrogen and oxygen atoms in total. The van der Waals surface area contributed by atoms with Crippen molar-refractivity contribution in [3.63, 3.8) is 0 Å². The van der Waals surface area contributed by atoms with Crippen LogP contribution < -0.4 is 0 Å². The van der Waals surface area contributed by atoms with Crippen LogP contribution in [0.2, 0.25) is 0 Å². The Balaban J connectivity index is 2.09. The Morgan fingerprint density at radius 1 is 1.24 bits per heavy atom. The van der Waals surface area contributed by atoms with Gasteiger partial charge in [-0.05, 0) is 75.0 Å². The fourth-order valence-corrected chi connectivity index (χ4v) is 4.43. The Morgan fingerprint density at radius 3 is 2.48 bits per heavy atom. The highest BCUT2D eigenvalue weighted by Crippen LogP contribution is 2.56. The van der Waals surface area contributed by atoms with Crippen molar-refractivity contribution in [3.8, 4) is 0 Å². The van der Waals surface area contributed by atoms with Gasteiger partial charge in [-0.1, -0.05) is 19.9 Å². The maximum Gasteiger partial charge on any atom is 0.127 e. The van der Waals surface area contributed by atoms with Crippen LogP contribution >= 0.6 is 0 Å². The summed E-state index contributed by atoms with van der Waals surface area (Å²) in [6.07, 6.45) is 2.58. The van der Waals surface area contributed by atoms with E-state index in [-0.39, 0.29) is 17.2 Å². The first-order valence-electron chi connectivity index (χ1n) is 7.96. The van der Waals surface area contributed by atoms with Gasteiger partial charge in [0.15, 0.2) is 0 Å². The molecule has 3 heteroatoms. The molecular formula is C18H26FNO. The average molecular weight is 291 g/mol. The Bertz CT molecular complexity index is 561. The van der Waals surface area contributed by atoms with Gasteiger partial charge in [0.1, 0.15) is 5.82 Å². The molecule has 3 rings (SSSR count). The highest BCUT2D eigenvalue weighted by Gasteiger charge is 2.56. The van der Waals surface area contributed by atoms with E-state index in [0.717, 1.165) is 42.6 Å². The van der Waals surface area contributed by atoms with E-state index in [1.54, 1.807) is 6.07 Å². The van der Waals surface area contributed by atoms with Crippen LogP contribution in [0.5, 0.6) is 0 Å². The first-order chi connectivity index (χ1) is 9.75. The molecule has 0 radical (unpaired) electrons. The molecule has 0 saturated carbocycles. The second-order valence-electron chi connectivity index (χ2n) is 7.68. The Kier molecular flexibility index (Phi) is 3.42. The summed E-state index contributed by atoms with van der Waals surface area (Å²) in [6, 6.07) is 3.60. The van der Waals surface area contributed by atoms with Gasteiger partial charge in [-0.2, -0.15) is 0 Å². The minimum atomic E-state index is -0.906. The summed E-state index contributed by atoms with van der Waals surface area (Å²) in [5.41, 5.74) is 1.25. The van der Waals surface area contributed by atoms with Crippen LogP contribution in [0.4, 0.5) is 4.39 Å². The van der Waals surface area contributed by atoms with Crippen molar-refractivity contribution in [2.45, 2.75) is 45.6 Å². The monoisotopic (exact) mass is 291 g/mol. The molecule has 1 aliphatic carbocycles. The number of likely N-dealkylation sites (tertiary alicyclic amines) is 1. The second kappa shape index (κ2) is 4.79. The van der Waals surface area contributed by atoms with Gasteiger partial charge in [0.2, 0.25) is 0 Å². The van der Waals surface area contributed by atoms with Crippen molar-refractivity contribution in [1.82, 2.24) is 4.90 Å². The van der Waals surface area contributed by atoms with Crippen LogP contribution in [0.3, 0.4) is 0 Å². The molecular weight excluding hydrogens is 265 g/mol. The number of fused-ring (bicyclic) bond motifs is 1. The summed E-state index contributed by atoms with van der Waals surface area (Å²) < 4.78 is 14.3. The molecule has 1 fully saturated rings. The maximum atomic E-state index is 14.3. The lowest BCUT2D eigenvalue weighted by atomic mass is 9.65. The van der Waals surface area contributed by atoms with Gasteiger partial charge in [-0.3, -0.25) is 0 Å². The smallest absolute Gasteiger partial charge is 0.127 e. The van der Waals surface area contributed by atoms with Gasteiger partial charge in [0.05, 0.1) is 5.60 Å². The molecule has 1 unspecified atom stereocenters. The molecule has 1 atom stereocenters. The van der Waals surface area contributed by atoms with Crippen molar-refractivity contribution in [2.24, 2.45) is 11.3 Å². The molecule has 0 aromatic heterocycles. The SMILES string of the molecule is Cc1cc(F)c2c(c1)C(O)(C1CCN(C)CC1)C(C)(C)C2. The number of halogens is 1. The van der Waals surface area contributed by atoms with E-state index < -0.39 is 5.60 Å². The van der Waals surface area contributed by atoms with E-state index in [1.807, 2.05) is 13.0 Å². The fourth-order valence-electron chi connectivity index (χ4n) is 4.43. The highest BCUT2D eigenvalue weighted by molar-refractivity contribution is 5.44. The third-order valence-electron chi connectivity index (χ3n) is 5.71. The predicted molar refractivity (Wildman–Crippen MR) is 82.7 cm³/mol. The first-order valence-corrected chi connectivity index (χ1v) is 7.96. The molecule has 1 aromatic carbocycles. The van der Waals surface area contributed by atoms with E-state index in [0.29, 0.717) is 6.42 Å². The van der Waals surface area contributed by atoms with E-state index in [1.165, 1.54) is 0 Å². The number of hydrogen-bond acceptors (Lipinski definition) is 2. The standard InChI is InChI=1S/C18H26FNO/c1-12-9-15-14(16(19)10-12)11-17(2,3)18(15,21)13-5-7-20(4)8-6-13/h9-10,13,21H,5-8,11H2,1-4H3. The summed E-state index contributed by atoms with van der Waals surface area (Å²) in [5.74, 6) is 0.0630. The van der Waals surface area contributed by atoms with Gasteiger partial charge in [-0.25, -0.2) is 4.39 Å². The van der Waals surface area contributed by atoms with E-state index in [4.69, 9.17) is 0 Å². The molecule has 21 heavy (non-hydrogen) atoms. The summed E-state index contributed by atoms with van der Waals surface area (Å²) in [4.78, 5) is 2.31. The normalized spacial score (nSPS) is 29.6. The van der Waals surface area contributed by atoms with Gasteiger partial charge >= 0.3 is 0 Å². The largest absolute Gasteiger partial charge is 0.384 e. The maximum absolute atomic E-state index is 14.3. The number of aryl methyl sites for hydroxylation is 1. The fraction of sp³-hybridized carbons (Fsp3) is 0.667. The zero-order chi connectivity index (χ0) is 15.4. The van der Waals surface area contributed by atoms with Crippen molar-refractivity contribution in [1.29, 1.82) is 0 Å². The van der Waals surface area contributed by atoms with Gasteiger partial charge < -0.3 is 10.0 Å². The number of aliphatic hydroxyl groups is 1. The van der Waals surface area contributed by atoms with Gasteiger partial charge in [-0.15, -0.1) is 0 Å². The van der Waals surface area contributed by atoms with Gasteiger partial charge in [0.25, 0.3) is 0 Å². The van der Waals surface area contributed by atoms with Crippen LogP contribution in [-0.2, 0) is 12.0 Å².